The molecule has 2 saturated heterocycles. The number of hydrogen-bond acceptors (Lipinski definition) is 8. The molecule has 38 heavy (non-hydrogen) atoms. The first kappa shape index (κ1) is 24.9. The Hall–Kier alpha value is -3.41. The van der Waals surface area contributed by atoms with Crippen molar-refractivity contribution in [2.45, 2.75) is 37.1 Å². The molecule has 0 atom stereocenters. The van der Waals surface area contributed by atoms with Gasteiger partial charge in [-0.25, -0.2) is 13.6 Å². The molecule has 4 aromatic rings. The number of nitrogens with one attached hydrogen (secondary N) is 1. The van der Waals surface area contributed by atoms with E-state index in [1.54, 1.807) is 24.1 Å². The first-order chi connectivity index (χ1) is 18.4. The Morgan fingerprint density at radius 3 is 2.61 bits per heavy atom. The lowest BCUT2D eigenvalue weighted by Gasteiger charge is -2.45. The van der Waals surface area contributed by atoms with Crippen LogP contribution in [-0.2, 0) is 16.6 Å². The quantitative estimate of drug-likeness (QED) is 0.384. The average Bonchev–Trinajstić information content (AvgIpc) is 3.58. The smallest absolute Gasteiger partial charge is 0.238 e. The van der Waals surface area contributed by atoms with Crippen LogP contribution in [0.3, 0.4) is 0 Å². The number of nitrogens with zero attached hydrogens (tertiary/aromatic N) is 4. The van der Waals surface area contributed by atoms with Crippen molar-refractivity contribution in [3.05, 3.63) is 54.4 Å². The summed E-state index contributed by atoms with van der Waals surface area (Å²) < 4.78 is 39.0. The summed E-state index contributed by atoms with van der Waals surface area (Å²) in [4.78, 5) is 2.28. The lowest BCUT2D eigenvalue weighted by atomic mass is 9.71. The van der Waals surface area contributed by atoms with Crippen molar-refractivity contribution in [1.82, 2.24) is 20.3 Å². The molecule has 2 aliphatic rings. The molecule has 10 nitrogen and oxygen atoms in total. The maximum Gasteiger partial charge on any atom is 0.238 e. The molecule has 0 amide bonds. The van der Waals surface area contributed by atoms with Gasteiger partial charge in [0.2, 0.25) is 10.0 Å². The summed E-state index contributed by atoms with van der Waals surface area (Å²) >= 11 is 0. The molecule has 4 heterocycles. The highest BCUT2D eigenvalue weighted by Gasteiger charge is 2.37. The third-order valence-corrected chi connectivity index (χ3v) is 9.05. The number of methoxy groups -OCH3 is 1. The van der Waals surface area contributed by atoms with Gasteiger partial charge in [-0.1, -0.05) is 11.2 Å². The molecule has 2 aromatic heterocycles. The largest absolute Gasteiger partial charge is 0.496 e. The number of piperidine rings is 2. The number of anilines is 1. The van der Waals surface area contributed by atoms with Crippen LogP contribution in [-0.4, -0.2) is 56.6 Å². The average molecular weight is 537 g/mol. The molecule has 200 valence electrons. The number of primary sulfonamides is 1. The minimum Gasteiger partial charge on any atom is -0.496 e. The Morgan fingerprint density at radius 2 is 1.92 bits per heavy atom. The van der Waals surface area contributed by atoms with Gasteiger partial charge in [0.15, 0.2) is 5.58 Å². The highest BCUT2D eigenvalue weighted by atomic mass is 32.2. The van der Waals surface area contributed by atoms with Gasteiger partial charge in [0.1, 0.15) is 11.4 Å². The van der Waals surface area contributed by atoms with Gasteiger partial charge in [-0.15, -0.1) is 0 Å². The standard InChI is InChI=1S/C27H32N6O4S/c1-36-21-16-19(18-33-13-3-10-30-33)17-22-25(21)26(31-37-22)24-20(4-2-5-23(24)38(28,34)35)32-14-8-27(9-15-32)6-11-29-12-7-27/h2-5,10,13,16-17,29H,6-9,11-12,14-15,18H2,1H3,(H2,28,34,35). The second-order valence-electron chi connectivity index (χ2n) is 10.3. The van der Waals surface area contributed by atoms with Crippen LogP contribution in [0.5, 0.6) is 5.75 Å². The van der Waals surface area contributed by atoms with Gasteiger partial charge in [0.05, 0.1) is 23.9 Å². The molecule has 0 saturated carbocycles. The van der Waals surface area contributed by atoms with Crippen molar-refractivity contribution < 1.29 is 17.7 Å². The SMILES string of the molecule is COc1cc(Cn2cccn2)cc2onc(-c3c(N4CCC5(CCNCC5)CC4)cccc3S(N)(=O)=O)c12. The summed E-state index contributed by atoms with van der Waals surface area (Å²) in [7, 11) is -2.47. The lowest BCUT2D eigenvalue weighted by molar-refractivity contribution is 0.155. The number of hydrogen-bond donors (Lipinski definition) is 2. The lowest BCUT2D eigenvalue weighted by Crippen LogP contribution is -2.45. The van der Waals surface area contributed by atoms with Gasteiger partial charge in [-0.2, -0.15) is 5.10 Å². The van der Waals surface area contributed by atoms with Gasteiger partial charge >= 0.3 is 0 Å². The summed E-state index contributed by atoms with van der Waals surface area (Å²) in [5.41, 5.74) is 3.43. The fourth-order valence-electron chi connectivity index (χ4n) is 6.03. The number of ether oxygens (including phenoxy) is 1. The molecule has 0 radical (unpaired) electrons. The van der Waals surface area contributed by atoms with E-state index in [1.165, 1.54) is 18.9 Å². The highest BCUT2D eigenvalue weighted by molar-refractivity contribution is 7.89. The summed E-state index contributed by atoms with van der Waals surface area (Å²) in [5.74, 6) is 0.545. The normalized spacial score (nSPS) is 17.8. The minimum atomic E-state index is -4.05. The molecule has 2 aliphatic heterocycles. The summed E-state index contributed by atoms with van der Waals surface area (Å²) in [6.07, 6.45) is 8.08. The van der Waals surface area contributed by atoms with Crippen LogP contribution in [0.15, 0.2) is 58.2 Å². The zero-order valence-electron chi connectivity index (χ0n) is 21.4. The van der Waals surface area contributed by atoms with Crippen LogP contribution >= 0.6 is 0 Å². The van der Waals surface area contributed by atoms with Crippen molar-refractivity contribution in [2.24, 2.45) is 10.6 Å². The summed E-state index contributed by atoms with van der Waals surface area (Å²) in [6, 6.07) is 10.9. The number of aromatic nitrogens is 3. The maximum atomic E-state index is 12.8. The summed E-state index contributed by atoms with van der Waals surface area (Å²) in [5, 5.41) is 18.5. The van der Waals surface area contributed by atoms with E-state index in [0.29, 0.717) is 39.9 Å². The van der Waals surface area contributed by atoms with E-state index in [4.69, 9.17) is 14.4 Å². The van der Waals surface area contributed by atoms with E-state index >= 15 is 0 Å². The Morgan fingerprint density at radius 1 is 1.13 bits per heavy atom. The second kappa shape index (κ2) is 9.72. The molecule has 11 heteroatoms. The third kappa shape index (κ3) is 4.55. The van der Waals surface area contributed by atoms with E-state index in [0.717, 1.165) is 50.3 Å². The van der Waals surface area contributed by atoms with E-state index in [2.05, 4.69) is 20.5 Å². The number of sulfonamides is 1. The molecule has 0 unspecified atom stereocenters. The predicted octanol–water partition coefficient (Wildman–Crippen LogP) is 3.37. The number of rotatable bonds is 6. The molecule has 1 spiro atoms. The monoisotopic (exact) mass is 536 g/mol. The Labute approximate surface area is 221 Å². The van der Waals surface area contributed by atoms with Crippen molar-refractivity contribution >= 4 is 26.7 Å². The van der Waals surface area contributed by atoms with Crippen molar-refractivity contribution in [1.29, 1.82) is 0 Å². The molecule has 2 aromatic carbocycles. The van der Waals surface area contributed by atoms with Crippen LogP contribution in [0.4, 0.5) is 5.69 Å². The maximum absolute atomic E-state index is 12.8. The molecule has 6 rings (SSSR count). The predicted molar refractivity (Wildman–Crippen MR) is 145 cm³/mol. The van der Waals surface area contributed by atoms with Gasteiger partial charge in [0, 0.05) is 36.7 Å². The molecular formula is C27H32N6O4S. The van der Waals surface area contributed by atoms with Crippen molar-refractivity contribution in [3.8, 4) is 17.0 Å². The molecule has 0 aliphatic carbocycles. The molecule has 2 fully saturated rings. The van der Waals surface area contributed by atoms with E-state index in [9.17, 15) is 8.42 Å². The minimum absolute atomic E-state index is 0.0232. The van der Waals surface area contributed by atoms with Crippen LogP contribution in [0, 0.1) is 5.41 Å². The first-order valence-electron chi connectivity index (χ1n) is 12.9. The van der Waals surface area contributed by atoms with Gasteiger partial charge in [-0.3, -0.25) is 4.68 Å². The Kier molecular flexibility index (Phi) is 6.37. The first-order valence-corrected chi connectivity index (χ1v) is 14.5. The zero-order chi connectivity index (χ0) is 26.3. The van der Waals surface area contributed by atoms with Gasteiger partial charge in [-0.05, 0) is 80.1 Å². The summed E-state index contributed by atoms with van der Waals surface area (Å²) in [6.45, 7) is 4.31. The van der Waals surface area contributed by atoms with Crippen LogP contribution in [0.2, 0.25) is 0 Å². The van der Waals surface area contributed by atoms with Crippen molar-refractivity contribution in [3.63, 3.8) is 0 Å². The zero-order valence-corrected chi connectivity index (χ0v) is 22.2. The van der Waals surface area contributed by atoms with Gasteiger partial charge < -0.3 is 19.5 Å². The van der Waals surface area contributed by atoms with E-state index in [1.807, 2.05) is 30.5 Å². The molecule has 0 bridgehead atoms. The highest BCUT2D eigenvalue weighted by Crippen LogP contribution is 2.46. The van der Waals surface area contributed by atoms with Gasteiger partial charge in [0.25, 0.3) is 0 Å². The fourth-order valence-corrected chi connectivity index (χ4v) is 6.79. The van der Waals surface area contributed by atoms with Crippen LogP contribution < -0.4 is 20.1 Å². The van der Waals surface area contributed by atoms with E-state index in [-0.39, 0.29) is 4.90 Å². The van der Waals surface area contributed by atoms with Crippen LogP contribution in [0.25, 0.3) is 22.2 Å². The fraction of sp³-hybridized carbons (Fsp3) is 0.407. The Balaban J connectivity index is 1.45. The Bertz CT molecular complexity index is 1550. The second-order valence-corrected chi connectivity index (χ2v) is 11.9. The third-order valence-electron chi connectivity index (χ3n) is 8.10. The number of nitrogens with two attached hydrogens (primary N) is 1. The van der Waals surface area contributed by atoms with Crippen molar-refractivity contribution in [2.75, 3.05) is 38.2 Å². The number of fused-ring (bicyclic) bond motifs is 1. The molecule has 3 N–H and O–H groups in total. The number of benzene rings is 2. The van der Waals surface area contributed by atoms with E-state index < -0.39 is 10.0 Å². The molecular weight excluding hydrogens is 504 g/mol. The topological polar surface area (TPSA) is 129 Å². The van der Waals surface area contributed by atoms with Crippen LogP contribution in [0.1, 0.15) is 31.2 Å².